The van der Waals surface area contributed by atoms with Gasteiger partial charge in [0.05, 0.1) is 13.1 Å². The summed E-state index contributed by atoms with van der Waals surface area (Å²) in [5.41, 5.74) is 1.20. The van der Waals surface area contributed by atoms with Gasteiger partial charge in [0.25, 0.3) is 0 Å². The van der Waals surface area contributed by atoms with Crippen molar-refractivity contribution in [1.82, 2.24) is 15.1 Å². The lowest BCUT2D eigenvalue weighted by Gasteiger charge is -2.21. The normalized spacial score (nSPS) is 20.5. The largest absolute Gasteiger partial charge is 0.488 e. The molecular formula is C19H27N3O3. The predicted octanol–water partition coefficient (Wildman–Crippen LogP) is 1.05. The van der Waals surface area contributed by atoms with E-state index in [0.717, 1.165) is 38.2 Å². The Hall–Kier alpha value is -2.08. The Balaban J connectivity index is 1.39. The molecule has 2 aliphatic rings. The Labute approximate surface area is 149 Å². The van der Waals surface area contributed by atoms with Crippen LogP contribution in [0.3, 0.4) is 0 Å². The minimum absolute atomic E-state index is 0.0168. The number of carbonyl (C=O) groups is 2. The number of hydrogen-bond donors (Lipinski definition) is 1. The van der Waals surface area contributed by atoms with Gasteiger partial charge in [0.15, 0.2) is 0 Å². The van der Waals surface area contributed by atoms with Gasteiger partial charge in [-0.05, 0) is 18.1 Å². The van der Waals surface area contributed by atoms with Crippen LogP contribution in [0.4, 0.5) is 0 Å². The first kappa shape index (κ1) is 17.7. The maximum atomic E-state index is 12.2. The number of amides is 2. The van der Waals surface area contributed by atoms with Crippen LogP contribution >= 0.6 is 0 Å². The summed E-state index contributed by atoms with van der Waals surface area (Å²) in [5.74, 6) is 1.15. The molecule has 2 aliphatic heterocycles. The zero-order valence-corrected chi connectivity index (χ0v) is 14.9. The average Bonchev–Trinajstić information content (AvgIpc) is 2.90. The van der Waals surface area contributed by atoms with Crippen LogP contribution in [0.2, 0.25) is 0 Å². The standard InChI is InChI=1S/C19H27N3O3/c1-2-19(24)22-9-5-8-21(10-11-22)14-18(23)20-13-16-12-15-6-3-4-7-17(15)25-16/h3-4,6-7,16H,2,5,8-14H2,1H3,(H,20,23). The van der Waals surface area contributed by atoms with E-state index in [1.165, 1.54) is 5.56 Å². The second-order valence-electron chi connectivity index (χ2n) is 6.72. The Bertz CT molecular complexity index is 595. The van der Waals surface area contributed by atoms with Gasteiger partial charge in [0, 0.05) is 39.0 Å². The van der Waals surface area contributed by atoms with Crippen molar-refractivity contribution in [3.05, 3.63) is 29.8 Å². The van der Waals surface area contributed by atoms with E-state index >= 15 is 0 Å². The van der Waals surface area contributed by atoms with E-state index in [-0.39, 0.29) is 17.9 Å². The molecule has 0 aliphatic carbocycles. The Morgan fingerprint density at radius 3 is 2.84 bits per heavy atom. The van der Waals surface area contributed by atoms with Crippen LogP contribution in [0.25, 0.3) is 0 Å². The summed E-state index contributed by atoms with van der Waals surface area (Å²) in [5, 5.41) is 2.99. The van der Waals surface area contributed by atoms with Crippen molar-refractivity contribution in [2.75, 3.05) is 39.3 Å². The van der Waals surface area contributed by atoms with E-state index in [0.29, 0.717) is 26.1 Å². The SMILES string of the molecule is CCC(=O)N1CCCN(CC(=O)NCC2Cc3ccccc3O2)CC1. The molecule has 2 heterocycles. The molecule has 136 valence electrons. The third kappa shape index (κ3) is 4.72. The van der Waals surface area contributed by atoms with Crippen LogP contribution in [-0.2, 0) is 16.0 Å². The van der Waals surface area contributed by atoms with Crippen LogP contribution in [0.1, 0.15) is 25.3 Å². The second-order valence-corrected chi connectivity index (χ2v) is 6.72. The van der Waals surface area contributed by atoms with Gasteiger partial charge in [-0.25, -0.2) is 0 Å². The molecule has 1 atom stereocenters. The van der Waals surface area contributed by atoms with Gasteiger partial charge in [-0.3, -0.25) is 14.5 Å². The molecule has 6 heteroatoms. The highest BCUT2D eigenvalue weighted by atomic mass is 16.5. The molecule has 1 aromatic rings. The van der Waals surface area contributed by atoms with E-state index in [1.807, 2.05) is 30.0 Å². The van der Waals surface area contributed by atoms with E-state index in [4.69, 9.17) is 4.74 Å². The molecule has 1 saturated heterocycles. The number of rotatable bonds is 5. The van der Waals surface area contributed by atoms with Crippen molar-refractivity contribution in [1.29, 1.82) is 0 Å². The molecule has 2 amide bonds. The molecule has 0 bridgehead atoms. The van der Waals surface area contributed by atoms with E-state index in [1.54, 1.807) is 0 Å². The summed E-state index contributed by atoms with van der Waals surface area (Å²) in [6, 6.07) is 8.01. The van der Waals surface area contributed by atoms with E-state index in [2.05, 4.69) is 16.3 Å². The summed E-state index contributed by atoms with van der Waals surface area (Å²) >= 11 is 0. The van der Waals surface area contributed by atoms with E-state index < -0.39 is 0 Å². The van der Waals surface area contributed by atoms with Crippen molar-refractivity contribution in [2.45, 2.75) is 32.3 Å². The number of hydrogen-bond acceptors (Lipinski definition) is 4. The van der Waals surface area contributed by atoms with Crippen molar-refractivity contribution in [3.63, 3.8) is 0 Å². The molecule has 3 rings (SSSR count). The molecule has 1 unspecified atom stereocenters. The van der Waals surface area contributed by atoms with E-state index in [9.17, 15) is 9.59 Å². The summed E-state index contributed by atoms with van der Waals surface area (Å²) in [6.45, 7) is 5.91. The van der Waals surface area contributed by atoms with Gasteiger partial charge in [-0.2, -0.15) is 0 Å². The number of fused-ring (bicyclic) bond motifs is 1. The van der Waals surface area contributed by atoms with Crippen LogP contribution < -0.4 is 10.1 Å². The molecule has 25 heavy (non-hydrogen) atoms. The molecule has 0 radical (unpaired) electrons. The minimum atomic E-state index is 0.0168. The van der Waals surface area contributed by atoms with Gasteiger partial charge >= 0.3 is 0 Å². The van der Waals surface area contributed by atoms with Gasteiger partial charge < -0.3 is 15.0 Å². The van der Waals surface area contributed by atoms with Gasteiger partial charge in [-0.15, -0.1) is 0 Å². The highest BCUT2D eigenvalue weighted by Gasteiger charge is 2.23. The van der Waals surface area contributed by atoms with Crippen LogP contribution in [-0.4, -0.2) is 67.0 Å². The number of nitrogens with zero attached hydrogens (tertiary/aromatic N) is 2. The van der Waals surface area contributed by atoms with Gasteiger partial charge in [0.2, 0.25) is 11.8 Å². The number of para-hydroxylation sites is 1. The molecule has 1 fully saturated rings. The summed E-state index contributed by atoms with van der Waals surface area (Å²) in [4.78, 5) is 28.1. The summed E-state index contributed by atoms with van der Waals surface area (Å²) in [7, 11) is 0. The first-order valence-electron chi connectivity index (χ1n) is 9.17. The monoisotopic (exact) mass is 345 g/mol. The van der Waals surface area contributed by atoms with Crippen molar-refractivity contribution >= 4 is 11.8 Å². The van der Waals surface area contributed by atoms with Crippen LogP contribution in [0, 0.1) is 0 Å². The topological polar surface area (TPSA) is 61.9 Å². The highest BCUT2D eigenvalue weighted by Crippen LogP contribution is 2.27. The zero-order valence-electron chi connectivity index (χ0n) is 14.9. The zero-order chi connectivity index (χ0) is 17.6. The van der Waals surface area contributed by atoms with Crippen LogP contribution in [0.5, 0.6) is 5.75 Å². The third-order valence-corrected chi connectivity index (χ3v) is 4.85. The smallest absolute Gasteiger partial charge is 0.234 e. The fraction of sp³-hybridized carbons (Fsp3) is 0.579. The highest BCUT2D eigenvalue weighted by molar-refractivity contribution is 5.78. The van der Waals surface area contributed by atoms with Crippen molar-refractivity contribution in [2.24, 2.45) is 0 Å². The Morgan fingerprint density at radius 2 is 2.04 bits per heavy atom. The first-order valence-corrected chi connectivity index (χ1v) is 9.17. The van der Waals surface area contributed by atoms with Crippen molar-refractivity contribution < 1.29 is 14.3 Å². The number of ether oxygens (including phenoxy) is 1. The minimum Gasteiger partial charge on any atom is -0.488 e. The van der Waals surface area contributed by atoms with Crippen molar-refractivity contribution in [3.8, 4) is 5.75 Å². The molecule has 0 saturated carbocycles. The number of nitrogens with one attached hydrogen (secondary N) is 1. The third-order valence-electron chi connectivity index (χ3n) is 4.85. The predicted molar refractivity (Wildman–Crippen MR) is 95.5 cm³/mol. The Kier molecular flexibility index (Phi) is 5.91. The lowest BCUT2D eigenvalue weighted by Crippen LogP contribution is -2.42. The first-order chi connectivity index (χ1) is 12.2. The molecular weight excluding hydrogens is 318 g/mol. The van der Waals surface area contributed by atoms with Crippen LogP contribution in [0.15, 0.2) is 24.3 Å². The summed E-state index contributed by atoms with van der Waals surface area (Å²) < 4.78 is 5.85. The average molecular weight is 345 g/mol. The fourth-order valence-electron chi connectivity index (χ4n) is 3.46. The molecule has 1 N–H and O–H groups in total. The number of benzene rings is 1. The lowest BCUT2D eigenvalue weighted by molar-refractivity contribution is -0.130. The fourth-order valence-corrected chi connectivity index (χ4v) is 3.46. The lowest BCUT2D eigenvalue weighted by atomic mass is 10.1. The van der Waals surface area contributed by atoms with Gasteiger partial charge in [0.1, 0.15) is 11.9 Å². The quantitative estimate of drug-likeness (QED) is 0.867. The molecule has 0 aromatic heterocycles. The molecule has 0 spiro atoms. The maximum absolute atomic E-state index is 12.2. The van der Waals surface area contributed by atoms with Gasteiger partial charge in [-0.1, -0.05) is 25.1 Å². The molecule has 6 nitrogen and oxygen atoms in total. The second kappa shape index (κ2) is 8.34. The maximum Gasteiger partial charge on any atom is 0.234 e. The number of carbonyl (C=O) groups excluding carboxylic acids is 2. The molecule has 1 aromatic carbocycles. The summed E-state index contributed by atoms with van der Waals surface area (Å²) in [6.07, 6.45) is 2.32. The Morgan fingerprint density at radius 1 is 1.20 bits per heavy atom.